The van der Waals surface area contributed by atoms with Crippen LogP contribution in [0.5, 0.6) is 0 Å². The molecule has 1 saturated heterocycles. The first-order valence-corrected chi connectivity index (χ1v) is 6.00. The molecule has 17 heavy (non-hydrogen) atoms. The van der Waals surface area contributed by atoms with Crippen LogP contribution in [0.15, 0.2) is 30.3 Å². The first kappa shape index (κ1) is 12.5. The number of nitrogens with zero attached hydrogens (tertiary/aromatic N) is 2. The van der Waals surface area contributed by atoms with Crippen molar-refractivity contribution in [3.8, 4) is 0 Å². The van der Waals surface area contributed by atoms with Gasteiger partial charge in [0.2, 0.25) is 0 Å². The Morgan fingerprint density at radius 2 is 1.76 bits per heavy atom. The summed E-state index contributed by atoms with van der Waals surface area (Å²) in [7, 11) is 0. The molecule has 1 aliphatic heterocycles. The van der Waals surface area contributed by atoms with Crippen molar-refractivity contribution in [2.24, 2.45) is 0 Å². The summed E-state index contributed by atoms with van der Waals surface area (Å²) < 4.78 is 0. The second-order valence-electron chi connectivity index (χ2n) is 5.09. The van der Waals surface area contributed by atoms with E-state index in [0.29, 0.717) is 0 Å². The second kappa shape index (κ2) is 4.38. The normalized spacial score (nSPS) is 29.7. The van der Waals surface area contributed by atoms with Crippen molar-refractivity contribution in [3.63, 3.8) is 0 Å². The van der Waals surface area contributed by atoms with E-state index in [-0.39, 0.29) is 6.04 Å². The van der Waals surface area contributed by atoms with Crippen molar-refractivity contribution < 1.29 is 10.4 Å². The molecule has 2 atom stereocenters. The molecule has 0 aromatic heterocycles. The number of benzene rings is 1. The van der Waals surface area contributed by atoms with Gasteiger partial charge in [-0.3, -0.25) is 0 Å². The number of hydrogen-bond donors (Lipinski definition) is 2. The molecular formula is C13H20N2O2. The summed E-state index contributed by atoms with van der Waals surface area (Å²) in [4.78, 5) is 0. The molecule has 1 aromatic rings. The zero-order valence-electron chi connectivity index (χ0n) is 10.5. The summed E-state index contributed by atoms with van der Waals surface area (Å²) >= 11 is 0. The molecule has 0 amide bonds. The molecule has 2 N–H and O–H groups in total. The van der Waals surface area contributed by atoms with Gasteiger partial charge in [-0.15, -0.1) is 0 Å². The van der Waals surface area contributed by atoms with Crippen LogP contribution in [0, 0.1) is 0 Å². The fourth-order valence-electron chi connectivity index (χ4n) is 2.68. The van der Waals surface area contributed by atoms with Crippen LogP contribution >= 0.6 is 0 Å². The van der Waals surface area contributed by atoms with Crippen LogP contribution in [-0.4, -0.2) is 32.1 Å². The zero-order valence-corrected chi connectivity index (χ0v) is 10.5. The Kier molecular flexibility index (Phi) is 3.23. The Hall–Kier alpha value is -0.940. The lowest BCUT2D eigenvalue weighted by Crippen LogP contribution is -2.44. The molecule has 2 unspecified atom stereocenters. The average molecular weight is 236 g/mol. The molecule has 0 saturated carbocycles. The molecule has 0 aliphatic carbocycles. The lowest BCUT2D eigenvalue weighted by Gasteiger charge is -2.30. The maximum Gasteiger partial charge on any atom is 0.136 e. The summed E-state index contributed by atoms with van der Waals surface area (Å²) in [5.74, 6) is 0. The van der Waals surface area contributed by atoms with Gasteiger partial charge in [0.25, 0.3) is 0 Å². The molecule has 1 aromatic carbocycles. The van der Waals surface area contributed by atoms with E-state index in [2.05, 4.69) is 0 Å². The van der Waals surface area contributed by atoms with Crippen molar-refractivity contribution in [3.05, 3.63) is 35.9 Å². The highest BCUT2D eigenvalue weighted by Gasteiger charge is 2.51. The lowest BCUT2D eigenvalue weighted by atomic mass is 9.94. The van der Waals surface area contributed by atoms with E-state index in [9.17, 15) is 10.4 Å². The summed E-state index contributed by atoms with van der Waals surface area (Å²) in [6.45, 7) is 5.89. The molecule has 0 bridgehead atoms. The fraction of sp³-hybridized carbons (Fsp3) is 0.538. The molecule has 0 spiro atoms. The highest BCUT2D eigenvalue weighted by Crippen LogP contribution is 2.41. The Morgan fingerprint density at radius 1 is 1.18 bits per heavy atom. The quantitative estimate of drug-likeness (QED) is 0.828. The first-order chi connectivity index (χ1) is 8.00. The van der Waals surface area contributed by atoms with Gasteiger partial charge in [-0.2, -0.15) is 10.1 Å². The third-order valence-corrected chi connectivity index (χ3v) is 3.69. The SMILES string of the molecule is CCC1N(O)C(c2ccccc2)N(O)C1(C)C. The van der Waals surface area contributed by atoms with Gasteiger partial charge in [0.15, 0.2) is 0 Å². The van der Waals surface area contributed by atoms with Crippen molar-refractivity contribution in [2.75, 3.05) is 0 Å². The van der Waals surface area contributed by atoms with E-state index in [1.807, 2.05) is 51.1 Å². The molecule has 2 rings (SSSR count). The lowest BCUT2D eigenvalue weighted by molar-refractivity contribution is -0.219. The van der Waals surface area contributed by atoms with Crippen molar-refractivity contribution in [2.45, 2.75) is 44.9 Å². The van der Waals surface area contributed by atoms with Crippen LogP contribution in [0.3, 0.4) is 0 Å². The van der Waals surface area contributed by atoms with Gasteiger partial charge in [-0.25, -0.2) is 0 Å². The van der Waals surface area contributed by atoms with Crippen LogP contribution in [-0.2, 0) is 0 Å². The van der Waals surface area contributed by atoms with Crippen LogP contribution in [0.4, 0.5) is 0 Å². The second-order valence-corrected chi connectivity index (χ2v) is 5.09. The predicted molar refractivity (Wildman–Crippen MR) is 64.6 cm³/mol. The molecular weight excluding hydrogens is 216 g/mol. The largest absolute Gasteiger partial charge is 0.312 e. The highest BCUT2D eigenvalue weighted by atomic mass is 16.6. The minimum atomic E-state index is -0.490. The molecule has 0 radical (unpaired) electrons. The Bertz CT molecular complexity index is 380. The average Bonchev–Trinajstić information content (AvgIpc) is 2.47. The number of rotatable bonds is 2. The highest BCUT2D eigenvalue weighted by molar-refractivity contribution is 5.20. The van der Waals surface area contributed by atoms with Crippen LogP contribution < -0.4 is 0 Å². The van der Waals surface area contributed by atoms with Gasteiger partial charge in [0, 0.05) is 0 Å². The van der Waals surface area contributed by atoms with Gasteiger partial charge < -0.3 is 10.4 Å². The van der Waals surface area contributed by atoms with E-state index >= 15 is 0 Å². The third kappa shape index (κ3) is 1.87. The van der Waals surface area contributed by atoms with Gasteiger partial charge in [-0.1, -0.05) is 37.3 Å². The summed E-state index contributed by atoms with van der Waals surface area (Å²) in [6, 6.07) is 9.46. The van der Waals surface area contributed by atoms with E-state index < -0.39 is 11.7 Å². The molecule has 4 heteroatoms. The van der Waals surface area contributed by atoms with Crippen molar-refractivity contribution >= 4 is 0 Å². The molecule has 1 heterocycles. The summed E-state index contributed by atoms with van der Waals surface area (Å²) in [5.41, 5.74) is 0.422. The smallest absolute Gasteiger partial charge is 0.136 e. The van der Waals surface area contributed by atoms with Gasteiger partial charge in [0.1, 0.15) is 6.17 Å². The van der Waals surface area contributed by atoms with Gasteiger partial charge in [0.05, 0.1) is 11.6 Å². The molecule has 1 aliphatic rings. The molecule has 1 fully saturated rings. The van der Waals surface area contributed by atoms with E-state index in [1.165, 1.54) is 10.1 Å². The van der Waals surface area contributed by atoms with Crippen molar-refractivity contribution in [1.82, 2.24) is 10.1 Å². The molecule has 4 nitrogen and oxygen atoms in total. The number of hydrogen-bond acceptors (Lipinski definition) is 4. The van der Waals surface area contributed by atoms with E-state index in [4.69, 9.17) is 0 Å². The Balaban J connectivity index is 2.37. The summed E-state index contributed by atoms with van der Waals surface area (Å²) in [5, 5.41) is 23.0. The zero-order chi connectivity index (χ0) is 12.6. The summed E-state index contributed by atoms with van der Waals surface area (Å²) in [6.07, 6.45) is 0.292. The Labute approximate surface area is 102 Å². The maximum atomic E-state index is 10.3. The fourth-order valence-corrected chi connectivity index (χ4v) is 2.68. The van der Waals surface area contributed by atoms with E-state index in [1.54, 1.807) is 0 Å². The van der Waals surface area contributed by atoms with Crippen LogP contribution in [0.25, 0.3) is 0 Å². The first-order valence-electron chi connectivity index (χ1n) is 6.00. The topological polar surface area (TPSA) is 46.9 Å². The third-order valence-electron chi connectivity index (χ3n) is 3.69. The standard InChI is InChI=1S/C13H20N2O2/c1-4-11-13(2,3)15(17)12(14(11)16)10-8-6-5-7-9-10/h5-9,11-12,16-17H,4H2,1-3H3. The minimum absolute atomic E-state index is 0.0855. The minimum Gasteiger partial charge on any atom is -0.312 e. The Morgan fingerprint density at radius 3 is 2.24 bits per heavy atom. The predicted octanol–water partition coefficient (Wildman–Crippen LogP) is 2.64. The van der Waals surface area contributed by atoms with Gasteiger partial charge in [-0.05, 0) is 25.8 Å². The maximum absolute atomic E-state index is 10.3. The number of hydroxylamine groups is 4. The van der Waals surface area contributed by atoms with Crippen LogP contribution in [0.1, 0.15) is 38.9 Å². The van der Waals surface area contributed by atoms with E-state index in [0.717, 1.165) is 12.0 Å². The monoisotopic (exact) mass is 236 g/mol. The van der Waals surface area contributed by atoms with Gasteiger partial charge >= 0.3 is 0 Å². The molecule has 94 valence electrons. The van der Waals surface area contributed by atoms with Crippen molar-refractivity contribution in [1.29, 1.82) is 0 Å². The van der Waals surface area contributed by atoms with Crippen LogP contribution in [0.2, 0.25) is 0 Å².